The Bertz CT molecular complexity index is 543. The van der Waals surface area contributed by atoms with Crippen LogP contribution in [0.4, 0.5) is 0 Å². The SMILES string of the molecule is CCCn1c(CN)nnc1SCc1ccncc1Cl. The minimum absolute atomic E-state index is 0.406. The molecule has 0 spiro atoms. The van der Waals surface area contributed by atoms with Gasteiger partial charge in [-0.2, -0.15) is 0 Å². The summed E-state index contributed by atoms with van der Waals surface area (Å²) in [5, 5.41) is 9.86. The monoisotopic (exact) mass is 297 g/mol. The molecule has 0 radical (unpaired) electrons. The summed E-state index contributed by atoms with van der Waals surface area (Å²) >= 11 is 7.70. The summed E-state index contributed by atoms with van der Waals surface area (Å²) in [4.78, 5) is 3.97. The number of thioether (sulfide) groups is 1. The maximum Gasteiger partial charge on any atom is 0.191 e. The zero-order chi connectivity index (χ0) is 13.7. The van der Waals surface area contributed by atoms with Gasteiger partial charge in [0.05, 0.1) is 11.6 Å². The summed E-state index contributed by atoms with van der Waals surface area (Å²) < 4.78 is 2.07. The van der Waals surface area contributed by atoms with Gasteiger partial charge >= 0.3 is 0 Å². The van der Waals surface area contributed by atoms with E-state index in [1.807, 2.05) is 6.07 Å². The van der Waals surface area contributed by atoms with Crippen LogP contribution in [0.25, 0.3) is 0 Å². The highest BCUT2D eigenvalue weighted by molar-refractivity contribution is 7.98. The Hall–Kier alpha value is -1.11. The number of pyridine rings is 1. The molecule has 102 valence electrons. The number of nitrogens with two attached hydrogens (primary N) is 1. The predicted octanol–water partition coefficient (Wildman–Crippen LogP) is 2.49. The third kappa shape index (κ3) is 3.46. The van der Waals surface area contributed by atoms with Crippen LogP contribution in [-0.4, -0.2) is 19.7 Å². The Morgan fingerprint density at radius 1 is 1.42 bits per heavy atom. The lowest BCUT2D eigenvalue weighted by molar-refractivity contribution is 0.592. The molecule has 0 aliphatic rings. The van der Waals surface area contributed by atoms with Crippen LogP contribution < -0.4 is 5.73 Å². The molecule has 0 bridgehead atoms. The molecule has 2 heterocycles. The second-order valence-corrected chi connectivity index (χ2v) is 5.36. The molecule has 0 unspecified atom stereocenters. The Balaban J connectivity index is 2.11. The molecule has 0 saturated heterocycles. The van der Waals surface area contributed by atoms with Crippen molar-refractivity contribution in [3.05, 3.63) is 34.9 Å². The predicted molar refractivity (Wildman–Crippen MR) is 77.0 cm³/mol. The lowest BCUT2D eigenvalue weighted by atomic mass is 10.3. The molecule has 0 amide bonds. The van der Waals surface area contributed by atoms with Gasteiger partial charge in [0, 0.05) is 24.7 Å². The first-order valence-electron chi connectivity index (χ1n) is 6.09. The molecule has 0 saturated carbocycles. The average molecular weight is 298 g/mol. The highest BCUT2D eigenvalue weighted by Gasteiger charge is 2.11. The minimum atomic E-state index is 0.406. The highest BCUT2D eigenvalue weighted by atomic mass is 35.5. The lowest BCUT2D eigenvalue weighted by Crippen LogP contribution is -2.09. The first-order valence-corrected chi connectivity index (χ1v) is 7.46. The van der Waals surface area contributed by atoms with Gasteiger partial charge in [0.2, 0.25) is 0 Å². The van der Waals surface area contributed by atoms with Crippen LogP contribution >= 0.6 is 23.4 Å². The van der Waals surface area contributed by atoms with E-state index in [1.165, 1.54) is 0 Å². The molecule has 0 atom stereocenters. The van der Waals surface area contributed by atoms with Crippen molar-refractivity contribution in [2.24, 2.45) is 5.73 Å². The van der Waals surface area contributed by atoms with Crippen molar-refractivity contribution in [3.63, 3.8) is 0 Å². The molecule has 2 aromatic rings. The van der Waals surface area contributed by atoms with Crippen molar-refractivity contribution in [1.29, 1.82) is 0 Å². The van der Waals surface area contributed by atoms with E-state index < -0.39 is 0 Å². The van der Waals surface area contributed by atoms with Crippen LogP contribution in [0.1, 0.15) is 24.7 Å². The van der Waals surface area contributed by atoms with Crippen molar-refractivity contribution < 1.29 is 0 Å². The van der Waals surface area contributed by atoms with Gasteiger partial charge in [0.15, 0.2) is 5.16 Å². The zero-order valence-electron chi connectivity index (χ0n) is 10.7. The Kier molecular flexibility index (Phi) is 5.18. The van der Waals surface area contributed by atoms with Gasteiger partial charge in [-0.25, -0.2) is 0 Å². The van der Waals surface area contributed by atoms with Gasteiger partial charge in [0.1, 0.15) is 5.82 Å². The van der Waals surface area contributed by atoms with Crippen molar-refractivity contribution >= 4 is 23.4 Å². The third-order valence-electron chi connectivity index (χ3n) is 2.64. The maximum absolute atomic E-state index is 6.09. The van der Waals surface area contributed by atoms with Crippen molar-refractivity contribution in [3.8, 4) is 0 Å². The number of halogens is 1. The molecule has 19 heavy (non-hydrogen) atoms. The number of nitrogens with zero attached hydrogens (tertiary/aromatic N) is 4. The molecule has 2 N–H and O–H groups in total. The third-order valence-corrected chi connectivity index (χ3v) is 3.99. The van der Waals surface area contributed by atoms with Gasteiger partial charge in [-0.1, -0.05) is 30.3 Å². The summed E-state index contributed by atoms with van der Waals surface area (Å²) in [6.07, 6.45) is 4.41. The average Bonchev–Trinajstić information content (AvgIpc) is 2.81. The summed E-state index contributed by atoms with van der Waals surface area (Å²) in [5.41, 5.74) is 6.71. The fourth-order valence-electron chi connectivity index (χ4n) is 1.69. The summed E-state index contributed by atoms with van der Waals surface area (Å²) in [5.74, 6) is 1.57. The van der Waals surface area contributed by atoms with Crippen LogP contribution in [0.5, 0.6) is 0 Å². The van der Waals surface area contributed by atoms with Crippen molar-refractivity contribution in [1.82, 2.24) is 19.7 Å². The van der Waals surface area contributed by atoms with Crippen molar-refractivity contribution in [2.75, 3.05) is 0 Å². The molecule has 2 aromatic heterocycles. The number of hydrogen-bond acceptors (Lipinski definition) is 5. The second kappa shape index (κ2) is 6.88. The van der Waals surface area contributed by atoms with Gasteiger partial charge in [-0.15, -0.1) is 10.2 Å². The Morgan fingerprint density at radius 3 is 2.95 bits per heavy atom. The number of hydrogen-bond donors (Lipinski definition) is 1. The first kappa shape index (κ1) is 14.3. The van der Waals surface area contributed by atoms with Gasteiger partial charge in [0.25, 0.3) is 0 Å². The largest absolute Gasteiger partial charge is 0.324 e. The molecular weight excluding hydrogens is 282 g/mol. The fourth-order valence-corrected chi connectivity index (χ4v) is 2.94. The van der Waals surface area contributed by atoms with E-state index in [-0.39, 0.29) is 0 Å². The maximum atomic E-state index is 6.09. The molecule has 0 aliphatic heterocycles. The van der Waals surface area contributed by atoms with E-state index >= 15 is 0 Å². The van der Waals surface area contributed by atoms with Gasteiger partial charge in [-0.3, -0.25) is 4.98 Å². The molecule has 0 aromatic carbocycles. The lowest BCUT2D eigenvalue weighted by Gasteiger charge is -2.08. The first-order chi connectivity index (χ1) is 9.26. The second-order valence-electron chi connectivity index (χ2n) is 4.01. The molecule has 7 heteroatoms. The number of aromatic nitrogens is 4. The smallest absolute Gasteiger partial charge is 0.191 e. The van der Waals surface area contributed by atoms with Crippen LogP contribution in [-0.2, 0) is 18.8 Å². The van der Waals surface area contributed by atoms with E-state index in [0.29, 0.717) is 11.6 Å². The quantitative estimate of drug-likeness (QED) is 0.830. The van der Waals surface area contributed by atoms with Crippen LogP contribution in [0.15, 0.2) is 23.6 Å². The highest BCUT2D eigenvalue weighted by Crippen LogP contribution is 2.25. The Morgan fingerprint density at radius 2 is 2.26 bits per heavy atom. The minimum Gasteiger partial charge on any atom is -0.324 e. The molecule has 2 rings (SSSR count). The summed E-state index contributed by atoms with van der Waals surface area (Å²) in [7, 11) is 0. The summed E-state index contributed by atoms with van der Waals surface area (Å²) in [6.45, 7) is 3.41. The normalized spacial score (nSPS) is 10.9. The van der Waals surface area contributed by atoms with Crippen molar-refractivity contribution in [2.45, 2.75) is 37.3 Å². The number of rotatable bonds is 6. The topological polar surface area (TPSA) is 69.6 Å². The van der Waals surface area contributed by atoms with E-state index in [0.717, 1.165) is 35.3 Å². The Labute approximate surface area is 121 Å². The van der Waals surface area contributed by atoms with E-state index in [9.17, 15) is 0 Å². The van der Waals surface area contributed by atoms with Crippen LogP contribution in [0.3, 0.4) is 0 Å². The van der Waals surface area contributed by atoms with Crippen LogP contribution in [0.2, 0.25) is 5.02 Å². The van der Waals surface area contributed by atoms with E-state index in [1.54, 1.807) is 24.2 Å². The standard InChI is InChI=1S/C12H16ClN5S/c1-2-5-18-11(6-14)16-17-12(18)19-8-9-3-4-15-7-10(9)13/h3-4,7H,2,5-6,8,14H2,1H3. The fraction of sp³-hybridized carbons (Fsp3) is 0.417. The van der Waals surface area contributed by atoms with Gasteiger partial charge < -0.3 is 10.3 Å². The molecule has 0 aliphatic carbocycles. The van der Waals surface area contributed by atoms with E-state index in [2.05, 4.69) is 26.7 Å². The molecule has 5 nitrogen and oxygen atoms in total. The molecular formula is C12H16ClN5S. The van der Waals surface area contributed by atoms with Gasteiger partial charge in [-0.05, 0) is 18.1 Å². The van der Waals surface area contributed by atoms with Crippen LogP contribution in [0, 0.1) is 0 Å². The summed E-state index contributed by atoms with van der Waals surface area (Å²) in [6, 6.07) is 1.92. The molecule has 0 fully saturated rings. The zero-order valence-corrected chi connectivity index (χ0v) is 12.3. The van der Waals surface area contributed by atoms with E-state index in [4.69, 9.17) is 17.3 Å².